The number of hydrogen-bond donors (Lipinski definition) is 1. The first kappa shape index (κ1) is 14.6. The van der Waals surface area contributed by atoms with E-state index in [0.717, 1.165) is 17.0 Å². The van der Waals surface area contributed by atoms with Crippen molar-refractivity contribution >= 4 is 6.09 Å². The summed E-state index contributed by atoms with van der Waals surface area (Å²) in [7, 11) is 0. The summed E-state index contributed by atoms with van der Waals surface area (Å²) in [6, 6.07) is 2.22. The van der Waals surface area contributed by atoms with Crippen molar-refractivity contribution in [3.05, 3.63) is 35.1 Å². The van der Waals surface area contributed by atoms with Gasteiger partial charge in [-0.25, -0.2) is 9.18 Å². The summed E-state index contributed by atoms with van der Waals surface area (Å²) >= 11 is 0. The van der Waals surface area contributed by atoms with Crippen molar-refractivity contribution in [1.29, 1.82) is 0 Å². The van der Waals surface area contributed by atoms with Gasteiger partial charge in [0.15, 0.2) is 0 Å². The van der Waals surface area contributed by atoms with Crippen molar-refractivity contribution in [3.63, 3.8) is 0 Å². The van der Waals surface area contributed by atoms with Gasteiger partial charge in [-0.15, -0.1) is 0 Å². The van der Waals surface area contributed by atoms with Gasteiger partial charge in [-0.05, 0) is 12.1 Å². The lowest BCUT2D eigenvalue weighted by Crippen LogP contribution is -2.54. The third kappa shape index (κ3) is 3.19. The Labute approximate surface area is 111 Å². The summed E-state index contributed by atoms with van der Waals surface area (Å²) in [6.45, 7) is 0.164. The second-order valence-corrected chi connectivity index (χ2v) is 4.42. The van der Waals surface area contributed by atoms with Crippen molar-refractivity contribution < 1.29 is 32.2 Å². The van der Waals surface area contributed by atoms with Gasteiger partial charge in [0.2, 0.25) is 0 Å². The molecular weight excluding hydrogens is 282 g/mol. The smallest absolute Gasteiger partial charge is 0.416 e. The fourth-order valence-electron chi connectivity index (χ4n) is 1.75. The van der Waals surface area contributed by atoms with Crippen LogP contribution in [0.3, 0.4) is 0 Å². The third-order valence-electron chi connectivity index (χ3n) is 2.97. The molecule has 1 aliphatic heterocycles. The van der Waals surface area contributed by atoms with Crippen LogP contribution in [0, 0.1) is 5.82 Å². The Balaban J connectivity index is 1.90. The van der Waals surface area contributed by atoms with Crippen LogP contribution >= 0.6 is 0 Å². The Kier molecular flexibility index (Phi) is 3.85. The monoisotopic (exact) mass is 293 g/mol. The predicted octanol–water partition coefficient (Wildman–Crippen LogP) is 2.72. The molecule has 1 saturated heterocycles. The lowest BCUT2D eigenvalue weighted by Gasteiger charge is -2.36. The van der Waals surface area contributed by atoms with Crippen LogP contribution in [-0.2, 0) is 17.5 Å². The summed E-state index contributed by atoms with van der Waals surface area (Å²) in [6.07, 6.45) is -6.01. The zero-order chi connectivity index (χ0) is 14.9. The summed E-state index contributed by atoms with van der Waals surface area (Å²) in [4.78, 5) is 11.6. The Hall–Kier alpha value is -1.83. The molecule has 1 amide bonds. The van der Waals surface area contributed by atoms with Gasteiger partial charge in [-0.1, -0.05) is 6.07 Å². The average molecular weight is 293 g/mol. The molecule has 4 nitrogen and oxygen atoms in total. The summed E-state index contributed by atoms with van der Waals surface area (Å²) in [5.41, 5.74) is -1.05. The number of amides is 1. The number of benzene rings is 1. The molecule has 1 aromatic rings. The zero-order valence-corrected chi connectivity index (χ0v) is 10.2. The molecule has 2 rings (SSSR count). The molecule has 0 spiro atoms. The molecule has 0 aliphatic carbocycles. The number of likely N-dealkylation sites (tertiary alicyclic amines) is 1. The van der Waals surface area contributed by atoms with Crippen LogP contribution in [-0.4, -0.2) is 35.3 Å². The molecule has 20 heavy (non-hydrogen) atoms. The highest BCUT2D eigenvalue weighted by molar-refractivity contribution is 5.66. The van der Waals surface area contributed by atoms with Crippen molar-refractivity contribution in [2.45, 2.75) is 18.9 Å². The highest BCUT2D eigenvalue weighted by atomic mass is 19.4. The summed E-state index contributed by atoms with van der Waals surface area (Å²) in [5, 5.41) is 8.59. The summed E-state index contributed by atoms with van der Waals surface area (Å²) in [5.74, 6) is -0.991. The van der Waals surface area contributed by atoms with E-state index in [4.69, 9.17) is 9.84 Å². The van der Waals surface area contributed by atoms with Crippen molar-refractivity contribution in [2.75, 3.05) is 13.1 Å². The maximum absolute atomic E-state index is 13.5. The predicted molar refractivity (Wildman–Crippen MR) is 59.6 cm³/mol. The number of rotatable bonds is 3. The standard InChI is InChI=1S/C12H11F4NO3/c13-10-3-8(12(14,15)16)2-1-7(10)6-20-9-4-17(5-9)11(18)19/h1-3,9H,4-6H2,(H,18,19). The molecule has 0 atom stereocenters. The Morgan fingerprint density at radius 3 is 2.55 bits per heavy atom. The molecule has 1 heterocycles. The first-order valence-corrected chi connectivity index (χ1v) is 5.72. The fourth-order valence-corrected chi connectivity index (χ4v) is 1.75. The van der Waals surface area contributed by atoms with Crippen LogP contribution in [0.4, 0.5) is 22.4 Å². The third-order valence-corrected chi connectivity index (χ3v) is 2.97. The minimum Gasteiger partial charge on any atom is -0.465 e. The first-order chi connectivity index (χ1) is 9.27. The molecule has 110 valence electrons. The van der Waals surface area contributed by atoms with Crippen LogP contribution in [0.2, 0.25) is 0 Å². The van der Waals surface area contributed by atoms with E-state index < -0.39 is 23.7 Å². The van der Waals surface area contributed by atoms with Gasteiger partial charge in [-0.2, -0.15) is 13.2 Å². The molecule has 1 aliphatic rings. The van der Waals surface area contributed by atoms with Gasteiger partial charge < -0.3 is 14.7 Å². The van der Waals surface area contributed by atoms with E-state index in [0.29, 0.717) is 6.07 Å². The average Bonchev–Trinajstić information content (AvgIpc) is 2.26. The van der Waals surface area contributed by atoms with E-state index in [-0.39, 0.29) is 31.4 Å². The van der Waals surface area contributed by atoms with Crippen LogP contribution in [0.1, 0.15) is 11.1 Å². The molecule has 0 saturated carbocycles. The maximum Gasteiger partial charge on any atom is 0.416 e. The minimum atomic E-state index is -4.59. The topological polar surface area (TPSA) is 49.8 Å². The van der Waals surface area contributed by atoms with Gasteiger partial charge >= 0.3 is 12.3 Å². The fraction of sp³-hybridized carbons (Fsp3) is 0.417. The van der Waals surface area contributed by atoms with Gasteiger partial charge in [0.05, 0.1) is 31.4 Å². The van der Waals surface area contributed by atoms with Crippen LogP contribution in [0.25, 0.3) is 0 Å². The van der Waals surface area contributed by atoms with Gasteiger partial charge in [0.1, 0.15) is 5.82 Å². The quantitative estimate of drug-likeness (QED) is 0.872. The molecule has 1 N–H and O–H groups in total. The number of nitrogens with zero attached hydrogens (tertiary/aromatic N) is 1. The minimum absolute atomic E-state index is 0.00627. The largest absolute Gasteiger partial charge is 0.465 e. The van der Waals surface area contributed by atoms with E-state index in [1.165, 1.54) is 0 Å². The van der Waals surface area contributed by atoms with E-state index >= 15 is 0 Å². The Bertz CT molecular complexity index is 512. The SMILES string of the molecule is O=C(O)N1CC(OCc2ccc(C(F)(F)F)cc2F)C1. The van der Waals surface area contributed by atoms with Crippen LogP contribution in [0.5, 0.6) is 0 Å². The lowest BCUT2D eigenvalue weighted by atomic mass is 10.1. The van der Waals surface area contributed by atoms with E-state index in [9.17, 15) is 22.4 Å². The second-order valence-electron chi connectivity index (χ2n) is 4.42. The Morgan fingerprint density at radius 2 is 2.05 bits per heavy atom. The number of hydrogen-bond acceptors (Lipinski definition) is 2. The normalized spacial score (nSPS) is 16.1. The molecule has 0 aromatic heterocycles. The van der Waals surface area contributed by atoms with Crippen LogP contribution < -0.4 is 0 Å². The molecule has 0 unspecified atom stereocenters. The van der Waals surface area contributed by atoms with Crippen molar-refractivity contribution in [1.82, 2.24) is 4.90 Å². The number of ether oxygens (including phenoxy) is 1. The zero-order valence-electron chi connectivity index (χ0n) is 10.2. The lowest BCUT2D eigenvalue weighted by molar-refractivity contribution is -0.137. The highest BCUT2D eigenvalue weighted by Crippen LogP contribution is 2.30. The first-order valence-electron chi connectivity index (χ1n) is 5.72. The van der Waals surface area contributed by atoms with Crippen LogP contribution in [0.15, 0.2) is 18.2 Å². The number of halogens is 4. The molecule has 1 aromatic carbocycles. The molecule has 8 heteroatoms. The molecular formula is C12H11F4NO3. The van der Waals surface area contributed by atoms with Crippen molar-refractivity contribution in [2.24, 2.45) is 0 Å². The summed E-state index contributed by atoms with van der Waals surface area (Å²) < 4.78 is 55.7. The maximum atomic E-state index is 13.5. The van der Waals surface area contributed by atoms with Crippen molar-refractivity contribution in [3.8, 4) is 0 Å². The van der Waals surface area contributed by atoms with E-state index in [1.54, 1.807) is 0 Å². The van der Waals surface area contributed by atoms with Gasteiger partial charge in [-0.3, -0.25) is 0 Å². The van der Waals surface area contributed by atoms with E-state index in [2.05, 4.69) is 0 Å². The van der Waals surface area contributed by atoms with Gasteiger partial charge in [0, 0.05) is 5.56 Å². The Morgan fingerprint density at radius 1 is 1.40 bits per heavy atom. The van der Waals surface area contributed by atoms with Gasteiger partial charge in [0.25, 0.3) is 0 Å². The van der Waals surface area contributed by atoms with E-state index in [1.807, 2.05) is 0 Å². The molecule has 1 fully saturated rings. The number of alkyl halides is 3. The molecule has 0 bridgehead atoms. The number of carboxylic acid groups (broad SMARTS) is 1. The highest BCUT2D eigenvalue weighted by Gasteiger charge is 2.32. The number of carbonyl (C=O) groups is 1. The molecule has 0 radical (unpaired) electrons. The second kappa shape index (κ2) is 5.28.